The number of amides is 1. The van der Waals surface area contributed by atoms with E-state index in [-0.39, 0.29) is 5.91 Å². The minimum Gasteiger partial charge on any atom is -0.469 e. The molecule has 0 fully saturated rings. The van der Waals surface area contributed by atoms with Crippen LogP contribution in [-0.4, -0.2) is 12.5 Å². The number of rotatable bonds is 4. The van der Waals surface area contributed by atoms with Crippen LogP contribution in [-0.2, 0) is 6.42 Å². The number of furan rings is 1. The number of benzene rings is 1. The van der Waals surface area contributed by atoms with Gasteiger partial charge in [-0.1, -0.05) is 6.07 Å². The molecule has 17 heavy (non-hydrogen) atoms. The molecule has 0 spiro atoms. The summed E-state index contributed by atoms with van der Waals surface area (Å²) in [5.41, 5.74) is 0.324. The first-order valence-electron chi connectivity index (χ1n) is 5.32. The Bertz CT molecular complexity index is 494. The molecule has 1 aromatic carbocycles. The van der Waals surface area contributed by atoms with E-state index >= 15 is 0 Å². The number of carbonyl (C=O) groups excluding carboxylic acids is 1. The number of carbonyl (C=O) groups is 1. The summed E-state index contributed by atoms with van der Waals surface area (Å²) in [6, 6.07) is 9.24. The van der Waals surface area contributed by atoms with Gasteiger partial charge in [-0.15, -0.1) is 0 Å². The molecule has 88 valence electrons. The van der Waals surface area contributed by atoms with Crippen LogP contribution in [0.1, 0.15) is 16.1 Å². The first-order chi connectivity index (χ1) is 8.25. The van der Waals surface area contributed by atoms with E-state index in [1.54, 1.807) is 18.4 Å². The lowest BCUT2D eigenvalue weighted by atomic mass is 10.2. The molecule has 0 aliphatic carbocycles. The van der Waals surface area contributed by atoms with Crippen molar-refractivity contribution in [1.29, 1.82) is 0 Å². The molecule has 0 bridgehead atoms. The average Bonchev–Trinajstić information content (AvgIpc) is 2.82. The van der Waals surface area contributed by atoms with Gasteiger partial charge in [0, 0.05) is 18.5 Å². The molecule has 0 unspecified atom stereocenters. The zero-order valence-corrected chi connectivity index (χ0v) is 9.15. The highest BCUT2D eigenvalue weighted by molar-refractivity contribution is 5.94. The van der Waals surface area contributed by atoms with Gasteiger partial charge < -0.3 is 9.73 Å². The predicted octanol–water partition coefficient (Wildman–Crippen LogP) is 2.39. The monoisotopic (exact) mass is 233 g/mol. The van der Waals surface area contributed by atoms with Crippen LogP contribution in [0.3, 0.4) is 0 Å². The van der Waals surface area contributed by atoms with E-state index in [4.69, 9.17) is 4.42 Å². The van der Waals surface area contributed by atoms with E-state index in [0.717, 1.165) is 5.76 Å². The van der Waals surface area contributed by atoms with Crippen molar-refractivity contribution < 1.29 is 13.6 Å². The lowest BCUT2D eigenvalue weighted by Gasteiger charge is -2.03. The molecule has 0 saturated heterocycles. The molecular weight excluding hydrogens is 221 g/mol. The van der Waals surface area contributed by atoms with E-state index in [9.17, 15) is 9.18 Å². The third kappa shape index (κ3) is 3.17. The van der Waals surface area contributed by atoms with Crippen LogP contribution >= 0.6 is 0 Å². The normalized spacial score (nSPS) is 10.2. The quantitative estimate of drug-likeness (QED) is 0.881. The highest BCUT2D eigenvalue weighted by atomic mass is 19.1. The van der Waals surface area contributed by atoms with Crippen molar-refractivity contribution in [3.63, 3.8) is 0 Å². The van der Waals surface area contributed by atoms with E-state index < -0.39 is 5.82 Å². The van der Waals surface area contributed by atoms with E-state index in [0.29, 0.717) is 18.5 Å². The number of hydrogen-bond donors (Lipinski definition) is 1. The Morgan fingerprint density at radius 1 is 1.29 bits per heavy atom. The molecular formula is C13H12FNO2. The Balaban J connectivity index is 1.85. The van der Waals surface area contributed by atoms with E-state index in [1.165, 1.54) is 18.2 Å². The second-order valence-electron chi connectivity index (χ2n) is 3.60. The Kier molecular flexibility index (Phi) is 3.55. The van der Waals surface area contributed by atoms with Crippen LogP contribution < -0.4 is 5.32 Å². The minimum absolute atomic E-state index is 0.281. The zero-order chi connectivity index (χ0) is 12.1. The third-order valence-electron chi connectivity index (χ3n) is 2.32. The molecule has 0 radical (unpaired) electrons. The molecule has 0 aliphatic rings. The largest absolute Gasteiger partial charge is 0.469 e. The van der Waals surface area contributed by atoms with Gasteiger partial charge in [-0.2, -0.15) is 0 Å². The maximum atomic E-state index is 12.9. The summed E-state index contributed by atoms with van der Waals surface area (Å²) in [4.78, 5) is 11.6. The van der Waals surface area contributed by atoms with Crippen molar-refractivity contribution in [2.75, 3.05) is 6.54 Å². The molecule has 3 nitrogen and oxygen atoms in total. The number of halogens is 1. The molecule has 0 saturated carbocycles. The maximum Gasteiger partial charge on any atom is 0.251 e. The van der Waals surface area contributed by atoms with Crippen molar-refractivity contribution in [2.45, 2.75) is 6.42 Å². The Morgan fingerprint density at radius 3 is 2.88 bits per heavy atom. The lowest BCUT2D eigenvalue weighted by molar-refractivity contribution is 0.0953. The molecule has 1 N–H and O–H groups in total. The van der Waals surface area contributed by atoms with Gasteiger partial charge >= 0.3 is 0 Å². The molecule has 1 aromatic heterocycles. The summed E-state index contributed by atoms with van der Waals surface area (Å²) < 4.78 is 18.0. The van der Waals surface area contributed by atoms with E-state index in [2.05, 4.69) is 5.32 Å². The fourth-order valence-electron chi connectivity index (χ4n) is 1.49. The molecule has 2 rings (SSSR count). The highest BCUT2D eigenvalue weighted by Gasteiger charge is 2.05. The Labute approximate surface area is 98.3 Å². The Morgan fingerprint density at radius 2 is 2.18 bits per heavy atom. The molecule has 0 aliphatic heterocycles. The van der Waals surface area contributed by atoms with Crippen LogP contribution in [0.2, 0.25) is 0 Å². The number of hydrogen-bond acceptors (Lipinski definition) is 2. The van der Waals surface area contributed by atoms with Gasteiger partial charge in [0.05, 0.1) is 6.26 Å². The van der Waals surface area contributed by atoms with Crippen molar-refractivity contribution in [3.8, 4) is 0 Å². The summed E-state index contributed by atoms with van der Waals surface area (Å²) in [5, 5.41) is 2.70. The van der Waals surface area contributed by atoms with Gasteiger partial charge in [0.15, 0.2) is 0 Å². The maximum absolute atomic E-state index is 12.9. The standard InChI is InChI=1S/C13H12FNO2/c14-11-4-1-3-10(9-11)13(16)15-7-6-12-5-2-8-17-12/h1-5,8-9H,6-7H2,(H,15,16). The molecule has 1 heterocycles. The second-order valence-corrected chi connectivity index (χ2v) is 3.60. The van der Waals surface area contributed by atoms with Crippen molar-refractivity contribution >= 4 is 5.91 Å². The molecule has 4 heteroatoms. The van der Waals surface area contributed by atoms with Crippen molar-refractivity contribution in [2.24, 2.45) is 0 Å². The van der Waals surface area contributed by atoms with Gasteiger partial charge in [-0.25, -0.2) is 4.39 Å². The summed E-state index contributed by atoms with van der Waals surface area (Å²) in [6.45, 7) is 0.461. The predicted molar refractivity (Wildman–Crippen MR) is 61.1 cm³/mol. The smallest absolute Gasteiger partial charge is 0.251 e. The highest BCUT2D eigenvalue weighted by Crippen LogP contribution is 2.04. The fourth-order valence-corrected chi connectivity index (χ4v) is 1.49. The second kappa shape index (κ2) is 5.30. The Hall–Kier alpha value is -2.10. The molecule has 2 aromatic rings. The van der Waals surface area contributed by atoms with Crippen LogP contribution in [0.15, 0.2) is 47.1 Å². The van der Waals surface area contributed by atoms with Crippen molar-refractivity contribution in [1.82, 2.24) is 5.32 Å². The van der Waals surface area contributed by atoms with Gasteiger partial charge in [0.1, 0.15) is 11.6 Å². The van der Waals surface area contributed by atoms with Crippen LogP contribution in [0.4, 0.5) is 4.39 Å². The topological polar surface area (TPSA) is 42.2 Å². The SMILES string of the molecule is O=C(NCCc1ccco1)c1cccc(F)c1. The lowest BCUT2D eigenvalue weighted by Crippen LogP contribution is -2.25. The van der Waals surface area contributed by atoms with Gasteiger partial charge in [0.25, 0.3) is 5.91 Å². The molecule has 1 amide bonds. The first-order valence-corrected chi connectivity index (χ1v) is 5.32. The fraction of sp³-hybridized carbons (Fsp3) is 0.154. The van der Waals surface area contributed by atoms with Crippen LogP contribution in [0.5, 0.6) is 0 Å². The summed E-state index contributed by atoms with van der Waals surface area (Å²) in [7, 11) is 0. The van der Waals surface area contributed by atoms with Gasteiger partial charge in [-0.05, 0) is 30.3 Å². The summed E-state index contributed by atoms with van der Waals surface area (Å²) >= 11 is 0. The van der Waals surface area contributed by atoms with E-state index in [1.807, 2.05) is 6.07 Å². The zero-order valence-electron chi connectivity index (χ0n) is 9.15. The summed E-state index contributed by atoms with van der Waals surface area (Å²) in [6.07, 6.45) is 2.21. The van der Waals surface area contributed by atoms with Gasteiger partial charge in [-0.3, -0.25) is 4.79 Å². The number of nitrogens with one attached hydrogen (secondary N) is 1. The molecule has 0 atom stereocenters. The van der Waals surface area contributed by atoms with Gasteiger partial charge in [0.2, 0.25) is 0 Å². The first kappa shape index (κ1) is 11.4. The van der Waals surface area contributed by atoms with Crippen LogP contribution in [0.25, 0.3) is 0 Å². The van der Waals surface area contributed by atoms with Crippen LogP contribution in [0, 0.1) is 5.82 Å². The average molecular weight is 233 g/mol. The van der Waals surface area contributed by atoms with Crippen molar-refractivity contribution in [3.05, 3.63) is 59.8 Å². The third-order valence-corrected chi connectivity index (χ3v) is 2.32. The minimum atomic E-state index is -0.413. The summed E-state index contributed by atoms with van der Waals surface area (Å²) in [5.74, 6) is 0.115.